The van der Waals surface area contributed by atoms with Crippen LogP contribution in [0, 0.1) is 5.92 Å². The van der Waals surface area contributed by atoms with E-state index in [1.165, 1.54) is 49.7 Å². The highest BCUT2D eigenvalue weighted by atomic mass is 32.1. The SMILES string of the molecule is COC(=O)c1sc(-c2ccccc2)cc1-c1ccncc1C1CCC(C)CC1. The molecule has 28 heavy (non-hydrogen) atoms. The number of methoxy groups -OCH3 is 1. The van der Waals surface area contributed by atoms with Gasteiger partial charge >= 0.3 is 5.97 Å². The fraction of sp³-hybridized carbons (Fsp3) is 0.333. The summed E-state index contributed by atoms with van der Waals surface area (Å²) in [4.78, 5) is 18.7. The second-order valence-corrected chi connectivity index (χ2v) is 8.68. The molecule has 1 saturated carbocycles. The third-order valence-corrected chi connectivity index (χ3v) is 6.92. The average Bonchev–Trinajstić information content (AvgIpc) is 3.20. The number of benzene rings is 1. The van der Waals surface area contributed by atoms with Gasteiger partial charge < -0.3 is 4.74 Å². The van der Waals surface area contributed by atoms with E-state index in [-0.39, 0.29) is 5.97 Å². The Labute approximate surface area is 170 Å². The van der Waals surface area contributed by atoms with Crippen molar-refractivity contribution in [1.82, 2.24) is 4.98 Å². The van der Waals surface area contributed by atoms with Gasteiger partial charge in [-0.15, -0.1) is 11.3 Å². The molecule has 0 spiro atoms. The first-order valence-electron chi connectivity index (χ1n) is 9.89. The van der Waals surface area contributed by atoms with Gasteiger partial charge in [-0.2, -0.15) is 0 Å². The topological polar surface area (TPSA) is 39.2 Å². The van der Waals surface area contributed by atoms with Crippen LogP contribution in [0.15, 0.2) is 54.9 Å². The molecule has 2 aromatic heterocycles. The first-order valence-corrected chi connectivity index (χ1v) is 10.7. The molecule has 1 fully saturated rings. The molecule has 3 nitrogen and oxygen atoms in total. The normalized spacial score (nSPS) is 19.4. The zero-order chi connectivity index (χ0) is 19.5. The lowest BCUT2D eigenvalue weighted by Crippen LogP contribution is -2.12. The molecule has 1 aliphatic rings. The van der Waals surface area contributed by atoms with Crippen molar-refractivity contribution in [2.45, 2.75) is 38.5 Å². The highest BCUT2D eigenvalue weighted by Gasteiger charge is 2.26. The summed E-state index contributed by atoms with van der Waals surface area (Å²) in [5.41, 5.74) is 4.46. The monoisotopic (exact) mass is 391 g/mol. The van der Waals surface area contributed by atoms with Crippen LogP contribution in [-0.4, -0.2) is 18.1 Å². The van der Waals surface area contributed by atoms with Gasteiger partial charge in [0.25, 0.3) is 0 Å². The van der Waals surface area contributed by atoms with Crippen molar-refractivity contribution in [1.29, 1.82) is 0 Å². The van der Waals surface area contributed by atoms with E-state index >= 15 is 0 Å². The third-order valence-electron chi connectivity index (χ3n) is 5.76. The van der Waals surface area contributed by atoms with Crippen LogP contribution in [0.2, 0.25) is 0 Å². The number of hydrogen-bond donors (Lipinski definition) is 0. The molecule has 0 aliphatic heterocycles. The van der Waals surface area contributed by atoms with Crippen molar-refractivity contribution in [2.24, 2.45) is 5.92 Å². The summed E-state index contributed by atoms with van der Waals surface area (Å²) < 4.78 is 5.10. The maximum atomic E-state index is 12.6. The Kier molecular flexibility index (Phi) is 5.58. The van der Waals surface area contributed by atoms with Crippen molar-refractivity contribution in [3.05, 3.63) is 65.3 Å². The molecular weight excluding hydrogens is 366 g/mol. The second-order valence-electron chi connectivity index (χ2n) is 7.63. The number of thiophene rings is 1. The number of esters is 1. The van der Waals surface area contributed by atoms with Crippen LogP contribution in [0.25, 0.3) is 21.6 Å². The van der Waals surface area contributed by atoms with Gasteiger partial charge in [0.05, 0.1) is 7.11 Å². The molecule has 1 aliphatic carbocycles. The van der Waals surface area contributed by atoms with E-state index in [4.69, 9.17) is 4.74 Å². The first kappa shape index (κ1) is 18.9. The van der Waals surface area contributed by atoms with Gasteiger partial charge in [0.1, 0.15) is 4.88 Å². The molecule has 4 rings (SSSR count). The maximum absolute atomic E-state index is 12.6. The van der Waals surface area contributed by atoms with E-state index in [2.05, 4.69) is 36.2 Å². The van der Waals surface area contributed by atoms with Gasteiger partial charge in [0.2, 0.25) is 0 Å². The summed E-state index contributed by atoms with van der Waals surface area (Å²) in [5.74, 6) is 1.03. The lowest BCUT2D eigenvalue weighted by atomic mass is 9.78. The largest absolute Gasteiger partial charge is 0.465 e. The number of rotatable bonds is 4. The minimum atomic E-state index is -0.276. The molecule has 0 unspecified atom stereocenters. The fourth-order valence-corrected chi connectivity index (χ4v) is 5.22. The Morgan fingerprint density at radius 3 is 2.54 bits per heavy atom. The standard InChI is InChI=1S/C24H25NO2S/c1-16-8-10-17(11-9-16)21-15-25-13-12-19(21)20-14-22(18-6-4-3-5-7-18)28-23(20)24(26)27-2/h3-7,12-17H,8-11H2,1-2H3. The Morgan fingerprint density at radius 1 is 1.07 bits per heavy atom. The average molecular weight is 392 g/mol. The summed E-state index contributed by atoms with van der Waals surface area (Å²) in [6, 6.07) is 14.4. The Bertz CT molecular complexity index is 956. The van der Waals surface area contributed by atoms with Crippen LogP contribution in [0.1, 0.15) is 53.8 Å². The van der Waals surface area contributed by atoms with Gasteiger partial charge in [-0.05, 0) is 53.5 Å². The molecule has 0 saturated heterocycles. The van der Waals surface area contributed by atoms with Crippen LogP contribution in [0.3, 0.4) is 0 Å². The smallest absolute Gasteiger partial charge is 0.348 e. The number of pyridine rings is 1. The number of carbonyl (C=O) groups is 1. The third kappa shape index (κ3) is 3.74. The number of ether oxygens (including phenoxy) is 1. The zero-order valence-electron chi connectivity index (χ0n) is 16.4. The summed E-state index contributed by atoms with van der Waals surface area (Å²) in [5, 5.41) is 0. The van der Waals surface area contributed by atoms with E-state index in [0.29, 0.717) is 10.8 Å². The van der Waals surface area contributed by atoms with E-state index in [0.717, 1.165) is 27.5 Å². The van der Waals surface area contributed by atoms with Crippen LogP contribution in [0.4, 0.5) is 0 Å². The van der Waals surface area contributed by atoms with Gasteiger partial charge in [0.15, 0.2) is 0 Å². The summed E-state index contributed by atoms with van der Waals surface area (Å²) in [7, 11) is 1.45. The fourth-order valence-electron chi connectivity index (χ4n) is 4.13. The van der Waals surface area contributed by atoms with E-state index in [1.54, 1.807) is 0 Å². The van der Waals surface area contributed by atoms with Crippen molar-refractivity contribution >= 4 is 17.3 Å². The maximum Gasteiger partial charge on any atom is 0.348 e. The molecule has 0 N–H and O–H groups in total. The van der Waals surface area contributed by atoms with Crippen molar-refractivity contribution in [3.63, 3.8) is 0 Å². The van der Waals surface area contributed by atoms with Crippen molar-refractivity contribution < 1.29 is 9.53 Å². The highest BCUT2D eigenvalue weighted by molar-refractivity contribution is 7.17. The minimum Gasteiger partial charge on any atom is -0.465 e. The predicted molar refractivity (Wildman–Crippen MR) is 115 cm³/mol. The van der Waals surface area contributed by atoms with E-state index in [9.17, 15) is 4.79 Å². The lowest BCUT2D eigenvalue weighted by Gasteiger charge is -2.27. The first-order chi connectivity index (χ1) is 13.7. The molecule has 3 aromatic rings. The van der Waals surface area contributed by atoms with Crippen LogP contribution < -0.4 is 0 Å². The number of hydrogen-bond acceptors (Lipinski definition) is 4. The highest BCUT2D eigenvalue weighted by Crippen LogP contribution is 2.43. The van der Waals surface area contributed by atoms with Gasteiger partial charge in [0, 0.05) is 22.8 Å². The summed E-state index contributed by atoms with van der Waals surface area (Å²) in [6.45, 7) is 2.33. The van der Waals surface area contributed by atoms with Gasteiger partial charge in [-0.3, -0.25) is 4.98 Å². The Balaban J connectivity index is 1.81. The summed E-state index contributed by atoms with van der Waals surface area (Å²) >= 11 is 1.50. The Morgan fingerprint density at radius 2 is 1.82 bits per heavy atom. The molecule has 2 heterocycles. The van der Waals surface area contributed by atoms with Gasteiger partial charge in [-0.25, -0.2) is 4.79 Å². The van der Waals surface area contributed by atoms with Crippen LogP contribution in [-0.2, 0) is 4.74 Å². The molecule has 144 valence electrons. The van der Waals surface area contributed by atoms with Crippen LogP contribution in [0.5, 0.6) is 0 Å². The van der Waals surface area contributed by atoms with Gasteiger partial charge in [-0.1, -0.05) is 50.1 Å². The van der Waals surface area contributed by atoms with Crippen LogP contribution >= 0.6 is 11.3 Å². The number of aromatic nitrogens is 1. The zero-order valence-corrected chi connectivity index (χ0v) is 17.2. The van der Waals surface area contributed by atoms with E-state index < -0.39 is 0 Å². The number of nitrogens with zero attached hydrogens (tertiary/aromatic N) is 1. The van der Waals surface area contributed by atoms with Crippen molar-refractivity contribution in [2.75, 3.05) is 7.11 Å². The molecule has 4 heteroatoms. The molecule has 0 bridgehead atoms. The molecule has 1 aromatic carbocycles. The quantitative estimate of drug-likeness (QED) is 0.473. The molecule has 0 radical (unpaired) electrons. The molecule has 0 atom stereocenters. The Hall–Kier alpha value is -2.46. The number of carbonyl (C=O) groups excluding carboxylic acids is 1. The predicted octanol–water partition coefficient (Wildman–Crippen LogP) is 6.56. The second kappa shape index (κ2) is 8.27. The molecular formula is C24H25NO2S. The van der Waals surface area contributed by atoms with Crippen molar-refractivity contribution in [3.8, 4) is 21.6 Å². The minimum absolute atomic E-state index is 0.276. The lowest BCUT2D eigenvalue weighted by molar-refractivity contribution is 0.0607. The molecule has 0 amide bonds. The van der Waals surface area contributed by atoms with E-state index in [1.807, 2.05) is 30.6 Å². The summed E-state index contributed by atoms with van der Waals surface area (Å²) in [6.07, 6.45) is 8.69.